The van der Waals surface area contributed by atoms with Crippen LogP contribution in [0.5, 0.6) is 0 Å². The van der Waals surface area contributed by atoms with Crippen LogP contribution in [0.4, 0.5) is 10.1 Å². The molecule has 1 heterocycles. The highest BCUT2D eigenvalue weighted by molar-refractivity contribution is 7.89. The van der Waals surface area contributed by atoms with Crippen molar-refractivity contribution in [2.45, 2.75) is 17.9 Å². The van der Waals surface area contributed by atoms with E-state index in [1.807, 2.05) is 0 Å². The summed E-state index contributed by atoms with van der Waals surface area (Å²) in [5, 5.41) is 2.57. The van der Waals surface area contributed by atoms with Crippen molar-refractivity contribution in [3.63, 3.8) is 0 Å². The first-order valence-electron chi connectivity index (χ1n) is 5.68. The number of nitrogens with zero attached hydrogens (tertiary/aromatic N) is 1. The number of nitrogens with one attached hydrogen (secondary N) is 1. The Bertz CT molecular complexity index is 618. The Morgan fingerprint density at radius 3 is 2.79 bits per heavy atom. The van der Waals surface area contributed by atoms with E-state index in [9.17, 15) is 17.6 Å². The number of halogens is 1. The summed E-state index contributed by atoms with van der Waals surface area (Å²) < 4.78 is 39.1. The van der Waals surface area contributed by atoms with Gasteiger partial charge >= 0.3 is 0 Å². The number of sulfonamides is 1. The lowest BCUT2D eigenvalue weighted by atomic mass is 10.2. The number of hydrogen-bond donors (Lipinski definition) is 2. The Balaban J connectivity index is 2.41. The zero-order valence-electron chi connectivity index (χ0n) is 10.3. The smallest absolute Gasteiger partial charge is 0.243 e. The van der Waals surface area contributed by atoms with Gasteiger partial charge in [-0.15, -0.1) is 0 Å². The molecule has 1 amide bonds. The number of benzene rings is 1. The number of amides is 1. The maximum absolute atomic E-state index is 13.4. The normalized spacial score (nSPS) is 21.2. The number of carbonyl (C=O) groups excluding carboxylic acids is 1. The van der Waals surface area contributed by atoms with Crippen molar-refractivity contribution in [3.8, 4) is 0 Å². The summed E-state index contributed by atoms with van der Waals surface area (Å²) in [5.41, 5.74) is 5.19. The topological polar surface area (TPSA) is 92.5 Å². The molecule has 0 aromatic heterocycles. The van der Waals surface area contributed by atoms with Gasteiger partial charge in [0.15, 0.2) is 0 Å². The lowest BCUT2D eigenvalue weighted by Crippen LogP contribution is -2.55. The second kappa shape index (κ2) is 4.78. The molecule has 0 bridgehead atoms. The zero-order chi connectivity index (χ0) is 14.2. The van der Waals surface area contributed by atoms with Crippen LogP contribution in [0.2, 0.25) is 0 Å². The van der Waals surface area contributed by atoms with Crippen LogP contribution < -0.4 is 11.1 Å². The minimum atomic E-state index is -3.91. The Morgan fingerprint density at radius 2 is 2.16 bits per heavy atom. The van der Waals surface area contributed by atoms with Gasteiger partial charge in [0.2, 0.25) is 15.9 Å². The second-order valence-electron chi connectivity index (χ2n) is 4.27. The molecule has 0 saturated carbocycles. The van der Waals surface area contributed by atoms with Crippen molar-refractivity contribution in [2.75, 3.05) is 18.8 Å². The maximum atomic E-state index is 13.4. The fourth-order valence-corrected chi connectivity index (χ4v) is 3.50. The number of piperazine rings is 1. The third-order valence-corrected chi connectivity index (χ3v) is 4.99. The van der Waals surface area contributed by atoms with E-state index in [2.05, 4.69) is 5.32 Å². The van der Waals surface area contributed by atoms with Gasteiger partial charge in [-0.2, -0.15) is 4.31 Å². The molecule has 1 unspecified atom stereocenters. The van der Waals surface area contributed by atoms with Crippen LogP contribution >= 0.6 is 0 Å². The Morgan fingerprint density at radius 1 is 1.47 bits per heavy atom. The van der Waals surface area contributed by atoms with Gasteiger partial charge in [0.05, 0.1) is 10.6 Å². The van der Waals surface area contributed by atoms with Crippen LogP contribution in [0.3, 0.4) is 0 Å². The first-order valence-corrected chi connectivity index (χ1v) is 7.12. The van der Waals surface area contributed by atoms with Crippen LogP contribution in [0.1, 0.15) is 6.92 Å². The van der Waals surface area contributed by atoms with Gasteiger partial charge in [0.1, 0.15) is 11.9 Å². The number of hydrogen-bond acceptors (Lipinski definition) is 4. The molecule has 1 saturated heterocycles. The summed E-state index contributed by atoms with van der Waals surface area (Å²) in [5.74, 6) is -1.17. The Kier molecular flexibility index (Phi) is 3.46. The summed E-state index contributed by atoms with van der Waals surface area (Å²) in [4.78, 5) is 11.3. The summed E-state index contributed by atoms with van der Waals surface area (Å²) in [7, 11) is -3.91. The van der Waals surface area contributed by atoms with E-state index in [0.29, 0.717) is 0 Å². The van der Waals surface area contributed by atoms with Crippen LogP contribution in [0, 0.1) is 5.82 Å². The third kappa shape index (κ3) is 2.41. The SMILES string of the molecule is CC1C(=O)NCCN1S(=O)(=O)c1ccc(N)c(F)c1. The number of carbonyl (C=O) groups is 1. The van der Waals surface area contributed by atoms with Crippen molar-refractivity contribution >= 4 is 21.6 Å². The average Bonchev–Trinajstić information content (AvgIpc) is 2.35. The molecule has 104 valence electrons. The highest BCUT2D eigenvalue weighted by Crippen LogP contribution is 2.22. The molecule has 1 aliphatic rings. The second-order valence-corrected chi connectivity index (χ2v) is 6.16. The van der Waals surface area contributed by atoms with E-state index in [0.717, 1.165) is 10.4 Å². The average molecular weight is 287 g/mol. The molecule has 6 nitrogen and oxygen atoms in total. The Hall–Kier alpha value is -1.67. The lowest BCUT2D eigenvalue weighted by Gasteiger charge is -2.31. The molecule has 1 aromatic rings. The quantitative estimate of drug-likeness (QED) is 0.744. The molecule has 1 aliphatic heterocycles. The number of nitrogen functional groups attached to an aromatic ring is 1. The van der Waals surface area contributed by atoms with E-state index in [4.69, 9.17) is 5.73 Å². The fraction of sp³-hybridized carbons (Fsp3) is 0.364. The van der Waals surface area contributed by atoms with Crippen molar-refractivity contribution in [1.82, 2.24) is 9.62 Å². The number of rotatable bonds is 2. The van der Waals surface area contributed by atoms with E-state index >= 15 is 0 Å². The molecule has 0 spiro atoms. The molecule has 1 aromatic carbocycles. The van der Waals surface area contributed by atoms with E-state index < -0.39 is 21.9 Å². The standard InChI is InChI=1S/C11H14FN3O3S/c1-7-11(16)14-4-5-15(7)19(17,18)8-2-3-10(13)9(12)6-8/h2-3,6-7H,4-5,13H2,1H3,(H,14,16). The van der Waals surface area contributed by atoms with Gasteiger partial charge in [-0.3, -0.25) is 4.79 Å². The van der Waals surface area contributed by atoms with Crippen molar-refractivity contribution in [2.24, 2.45) is 0 Å². The van der Waals surface area contributed by atoms with Crippen LogP contribution in [-0.2, 0) is 14.8 Å². The minimum absolute atomic E-state index is 0.122. The minimum Gasteiger partial charge on any atom is -0.396 e. The van der Waals surface area contributed by atoms with Crippen molar-refractivity contribution in [3.05, 3.63) is 24.0 Å². The first-order chi connectivity index (χ1) is 8.84. The predicted octanol–water partition coefficient (Wildman–Crippen LogP) is -0.0831. The lowest BCUT2D eigenvalue weighted by molar-refractivity contribution is -0.126. The van der Waals surface area contributed by atoms with Gasteiger partial charge in [-0.1, -0.05) is 0 Å². The van der Waals surface area contributed by atoms with Crippen molar-refractivity contribution in [1.29, 1.82) is 0 Å². The molecule has 8 heteroatoms. The number of anilines is 1. The number of nitrogens with two attached hydrogens (primary N) is 1. The highest BCUT2D eigenvalue weighted by Gasteiger charge is 2.35. The van der Waals surface area contributed by atoms with Gasteiger partial charge in [-0.25, -0.2) is 12.8 Å². The monoisotopic (exact) mass is 287 g/mol. The van der Waals surface area contributed by atoms with Gasteiger partial charge < -0.3 is 11.1 Å². The van der Waals surface area contributed by atoms with E-state index in [-0.39, 0.29) is 29.6 Å². The fourth-order valence-electron chi connectivity index (χ4n) is 1.89. The maximum Gasteiger partial charge on any atom is 0.243 e. The molecule has 0 aliphatic carbocycles. The zero-order valence-corrected chi connectivity index (χ0v) is 11.1. The van der Waals surface area contributed by atoms with Crippen molar-refractivity contribution < 1.29 is 17.6 Å². The molecule has 19 heavy (non-hydrogen) atoms. The highest BCUT2D eigenvalue weighted by atomic mass is 32.2. The molecule has 2 rings (SSSR count). The summed E-state index contributed by atoms with van der Waals surface area (Å²) in [6.07, 6.45) is 0. The van der Waals surface area contributed by atoms with Gasteiger partial charge in [0.25, 0.3) is 0 Å². The van der Waals surface area contributed by atoms with Gasteiger partial charge in [0, 0.05) is 13.1 Å². The molecule has 3 N–H and O–H groups in total. The molecule has 0 radical (unpaired) electrons. The van der Waals surface area contributed by atoms with E-state index in [1.54, 1.807) is 0 Å². The van der Waals surface area contributed by atoms with Gasteiger partial charge in [-0.05, 0) is 25.1 Å². The third-order valence-electron chi connectivity index (χ3n) is 3.02. The van der Waals surface area contributed by atoms with Crippen LogP contribution in [0.15, 0.2) is 23.1 Å². The van der Waals surface area contributed by atoms with Crippen LogP contribution in [-0.4, -0.2) is 37.8 Å². The van der Waals surface area contributed by atoms with E-state index in [1.165, 1.54) is 19.1 Å². The largest absolute Gasteiger partial charge is 0.396 e. The molecule has 1 fully saturated rings. The summed E-state index contributed by atoms with van der Waals surface area (Å²) >= 11 is 0. The molecular formula is C11H14FN3O3S. The Labute approximate surface area is 110 Å². The van der Waals surface area contributed by atoms with Crippen LogP contribution in [0.25, 0.3) is 0 Å². The summed E-state index contributed by atoms with van der Waals surface area (Å²) in [6, 6.07) is 2.47. The predicted molar refractivity (Wildman–Crippen MR) is 67.2 cm³/mol. The summed E-state index contributed by atoms with van der Waals surface area (Å²) in [6.45, 7) is 1.88. The molecular weight excluding hydrogens is 273 g/mol. The molecule has 1 atom stereocenters. The first kappa shape index (κ1) is 13.8.